The summed E-state index contributed by atoms with van der Waals surface area (Å²) in [5.74, 6) is 1.13. The lowest BCUT2D eigenvalue weighted by Crippen LogP contribution is -1.93. The molecule has 0 bridgehead atoms. The summed E-state index contributed by atoms with van der Waals surface area (Å²) in [6, 6.07) is 0. The first kappa shape index (κ1) is 7.44. The van der Waals surface area contributed by atoms with E-state index in [0.29, 0.717) is 5.25 Å². The van der Waals surface area contributed by atoms with Crippen LogP contribution in [0.3, 0.4) is 0 Å². The third-order valence-electron chi connectivity index (χ3n) is 0.583. The molecule has 0 aliphatic heterocycles. The minimum absolute atomic E-state index is 0.431. The first-order chi connectivity index (χ1) is 3.31. The number of rotatable bonds is 3. The van der Waals surface area contributed by atoms with Gasteiger partial charge in [0.1, 0.15) is 0 Å². The van der Waals surface area contributed by atoms with E-state index in [-0.39, 0.29) is 0 Å². The summed E-state index contributed by atoms with van der Waals surface area (Å²) in [5, 5.41) is 3.14. The SMILES string of the molecule is CCSC(C)[C]=S. The van der Waals surface area contributed by atoms with Crippen LogP contribution in [0.1, 0.15) is 13.8 Å². The fourth-order valence-electron chi connectivity index (χ4n) is 0.284. The molecule has 0 aliphatic carbocycles. The van der Waals surface area contributed by atoms with E-state index in [9.17, 15) is 0 Å². The number of thioether (sulfide) groups is 1. The average Bonchev–Trinajstić information content (AvgIpc) is 1.68. The van der Waals surface area contributed by atoms with Gasteiger partial charge in [-0.05, 0) is 12.7 Å². The largest absolute Gasteiger partial charge is 0.153 e. The number of hydrogen-bond donors (Lipinski definition) is 0. The quantitative estimate of drug-likeness (QED) is 0.540. The van der Waals surface area contributed by atoms with Gasteiger partial charge in [0.05, 0.1) is 0 Å². The van der Waals surface area contributed by atoms with Gasteiger partial charge in [0, 0.05) is 10.6 Å². The lowest BCUT2D eigenvalue weighted by Gasteiger charge is -1.96. The van der Waals surface area contributed by atoms with Gasteiger partial charge in [-0.25, -0.2) is 0 Å². The molecule has 1 unspecified atom stereocenters. The zero-order chi connectivity index (χ0) is 5.70. The van der Waals surface area contributed by atoms with Crippen molar-refractivity contribution >= 4 is 29.3 Å². The van der Waals surface area contributed by atoms with Crippen LogP contribution in [0.2, 0.25) is 0 Å². The molecule has 0 nitrogen and oxygen atoms in total. The monoisotopic (exact) mass is 133 g/mol. The van der Waals surface area contributed by atoms with Gasteiger partial charge in [0.15, 0.2) is 0 Å². The maximum absolute atomic E-state index is 4.57. The molecule has 0 aliphatic rings. The van der Waals surface area contributed by atoms with Crippen LogP contribution < -0.4 is 0 Å². The topological polar surface area (TPSA) is 0 Å². The summed E-state index contributed by atoms with van der Waals surface area (Å²) < 4.78 is 0. The lowest BCUT2D eigenvalue weighted by atomic mass is 10.6. The third kappa shape index (κ3) is 4.29. The van der Waals surface area contributed by atoms with E-state index in [1.165, 1.54) is 0 Å². The maximum atomic E-state index is 4.57. The van der Waals surface area contributed by atoms with Gasteiger partial charge in [-0.3, -0.25) is 0 Å². The Kier molecular flexibility index (Phi) is 4.88. The molecule has 0 spiro atoms. The van der Waals surface area contributed by atoms with Gasteiger partial charge < -0.3 is 0 Å². The molecule has 0 saturated carbocycles. The highest BCUT2D eigenvalue weighted by Gasteiger charge is 1.91. The van der Waals surface area contributed by atoms with Gasteiger partial charge in [-0.2, -0.15) is 11.8 Å². The summed E-state index contributed by atoms with van der Waals surface area (Å²) in [4.78, 5) is 0. The fourth-order valence-corrected chi connectivity index (χ4v) is 1.06. The molecule has 0 aromatic heterocycles. The van der Waals surface area contributed by atoms with Crippen molar-refractivity contribution in [3.63, 3.8) is 0 Å². The van der Waals surface area contributed by atoms with Gasteiger partial charge in [0.2, 0.25) is 0 Å². The van der Waals surface area contributed by atoms with Crippen LogP contribution in [-0.2, 0) is 0 Å². The highest BCUT2D eigenvalue weighted by molar-refractivity contribution is 8.01. The van der Waals surface area contributed by atoms with Crippen LogP contribution >= 0.6 is 24.0 Å². The van der Waals surface area contributed by atoms with E-state index >= 15 is 0 Å². The van der Waals surface area contributed by atoms with Crippen molar-refractivity contribution in [2.24, 2.45) is 0 Å². The molecule has 0 saturated heterocycles. The summed E-state index contributed by atoms with van der Waals surface area (Å²) in [5.41, 5.74) is 0. The standard InChI is InChI=1S/C5H9S2/c1-3-7-5(2)4-6/h5H,3H2,1-2H3. The van der Waals surface area contributed by atoms with Crippen molar-refractivity contribution in [2.75, 3.05) is 5.75 Å². The van der Waals surface area contributed by atoms with Crippen LogP contribution in [0, 0.1) is 0 Å². The maximum Gasteiger partial charge on any atom is 0.0430 e. The molecule has 1 atom stereocenters. The highest BCUT2D eigenvalue weighted by Crippen LogP contribution is 2.05. The smallest absolute Gasteiger partial charge is 0.0430 e. The Morgan fingerprint density at radius 2 is 2.43 bits per heavy atom. The van der Waals surface area contributed by atoms with E-state index in [1.54, 1.807) is 0 Å². The summed E-state index contributed by atoms with van der Waals surface area (Å²) >= 11 is 6.39. The van der Waals surface area contributed by atoms with Gasteiger partial charge in [-0.1, -0.05) is 19.1 Å². The second-order valence-corrected chi connectivity index (χ2v) is 3.07. The molecule has 7 heavy (non-hydrogen) atoms. The van der Waals surface area contributed by atoms with Crippen LogP contribution in [0.4, 0.5) is 0 Å². The molecular weight excluding hydrogens is 124 g/mol. The zero-order valence-corrected chi connectivity index (χ0v) is 6.23. The predicted molar refractivity (Wildman–Crippen MR) is 40.2 cm³/mol. The number of thiocarbonyl (C=S) groups is 1. The molecule has 0 N–H and O–H groups in total. The van der Waals surface area contributed by atoms with Crippen molar-refractivity contribution in [1.82, 2.24) is 0 Å². The van der Waals surface area contributed by atoms with E-state index < -0.39 is 0 Å². The lowest BCUT2D eigenvalue weighted by molar-refractivity contribution is 1.35. The van der Waals surface area contributed by atoms with E-state index in [4.69, 9.17) is 0 Å². The van der Waals surface area contributed by atoms with Crippen molar-refractivity contribution < 1.29 is 0 Å². The van der Waals surface area contributed by atoms with Crippen molar-refractivity contribution in [3.05, 3.63) is 0 Å². The van der Waals surface area contributed by atoms with Crippen molar-refractivity contribution in [3.8, 4) is 0 Å². The van der Waals surface area contributed by atoms with Crippen LogP contribution in [-0.4, -0.2) is 16.4 Å². The average molecular weight is 133 g/mol. The van der Waals surface area contributed by atoms with Crippen molar-refractivity contribution in [2.45, 2.75) is 19.1 Å². The molecule has 0 amide bonds. The minimum atomic E-state index is 0.431. The second-order valence-electron chi connectivity index (χ2n) is 1.22. The van der Waals surface area contributed by atoms with Gasteiger partial charge in [-0.15, -0.1) is 0 Å². The Balaban J connectivity index is 2.98. The Hall–Kier alpha value is 0.440. The first-order valence-corrected chi connectivity index (χ1v) is 3.76. The first-order valence-electron chi connectivity index (χ1n) is 2.30. The normalized spacial score (nSPS) is 13.4. The Bertz CT molecular complexity index is 52.0. The Morgan fingerprint density at radius 3 is 2.57 bits per heavy atom. The fraction of sp³-hybridized carbons (Fsp3) is 0.800. The van der Waals surface area contributed by atoms with Gasteiger partial charge >= 0.3 is 0 Å². The van der Waals surface area contributed by atoms with Crippen LogP contribution in [0.5, 0.6) is 0 Å². The minimum Gasteiger partial charge on any atom is -0.153 e. The molecular formula is C5H9S2. The van der Waals surface area contributed by atoms with Crippen LogP contribution in [0.25, 0.3) is 0 Å². The third-order valence-corrected chi connectivity index (χ3v) is 2.04. The summed E-state index contributed by atoms with van der Waals surface area (Å²) in [6.07, 6.45) is 0. The molecule has 0 fully saturated rings. The van der Waals surface area contributed by atoms with Crippen molar-refractivity contribution in [1.29, 1.82) is 0 Å². The molecule has 1 radical (unpaired) electrons. The second kappa shape index (κ2) is 4.60. The van der Waals surface area contributed by atoms with E-state index in [0.717, 1.165) is 5.75 Å². The van der Waals surface area contributed by atoms with Gasteiger partial charge in [0.25, 0.3) is 0 Å². The molecule has 0 aromatic carbocycles. The molecule has 0 rings (SSSR count). The van der Waals surface area contributed by atoms with E-state index in [2.05, 4.69) is 31.4 Å². The molecule has 41 valence electrons. The number of hydrogen-bond acceptors (Lipinski definition) is 2. The molecule has 2 heteroatoms. The predicted octanol–water partition coefficient (Wildman–Crippen LogP) is 2.00. The Labute approximate surface area is 54.7 Å². The Morgan fingerprint density at radius 1 is 1.86 bits per heavy atom. The molecule has 0 aromatic rings. The highest BCUT2D eigenvalue weighted by atomic mass is 32.2. The summed E-state index contributed by atoms with van der Waals surface area (Å²) in [7, 11) is 0. The molecule has 0 heterocycles. The summed E-state index contributed by atoms with van der Waals surface area (Å²) in [6.45, 7) is 4.18. The zero-order valence-electron chi connectivity index (χ0n) is 4.60. The van der Waals surface area contributed by atoms with E-state index in [1.807, 2.05) is 11.8 Å². The van der Waals surface area contributed by atoms with Crippen LogP contribution in [0.15, 0.2) is 0 Å².